The predicted octanol–water partition coefficient (Wildman–Crippen LogP) is 0.233. The van der Waals surface area contributed by atoms with Gasteiger partial charge in [0.15, 0.2) is 9.84 Å². The van der Waals surface area contributed by atoms with Gasteiger partial charge in [-0.25, -0.2) is 18.9 Å². The van der Waals surface area contributed by atoms with Crippen molar-refractivity contribution in [2.24, 2.45) is 4.99 Å². The highest BCUT2D eigenvalue weighted by Crippen LogP contribution is 2.32. The minimum absolute atomic E-state index is 0.0192. The summed E-state index contributed by atoms with van der Waals surface area (Å²) in [5.74, 6) is 0. The predicted molar refractivity (Wildman–Crippen MR) is 101 cm³/mol. The summed E-state index contributed by atoms with van der Waals surface area (Å²) in [6, 6.07) is 5.99. The molecular weight excluding hydrogens is 336 g/mol. The monoisotopic (exact) mass is 364 g/mol. The fraction of sp³-hybridized carbons (Fsp3) is 0.611. The first-order valence-electron chi connectivity index (χ1n) is 8.81. The van der Waals surface area contributed by atoms with Crippen LogP contribution in [0.25, 0.3) is 5.57 Å². The zero-order valence-corrected chi connectivity index (χ0v) is 16.2. The molecule has 3 N–H and O–H groups in total. The molecule has 0 aromatic heterocycles. The van der Waals surface area contributed by atoms with Crippen molar-refractivity contribution in [1.82, 2.24) is 10.4 Å². The van der Waals surface area contributed by atoms with Crippen LogP contribution in [0.3, 0.4) is 0 Å². The molecule has 0 amide bonds. The average molecular weight is 365 g/mol. The van der Waals surface area contributed by atoms with Gasteiger partial charge in [0.05, 0.1) is 28.4 Å². The first-order valence-corrected chi connectivity index (χ1v) is 10.7. The number of benzene rings is 1. The Morgan fingerprint density at radius 2 is 2.12 bits per heavy atom. The van der Waals surface area contributed by atoms with Crippen molar-refractivity contribution in [2.75, 3.05) is 25.1 Å². The van der Waals surface area contributed by atoms with Crippen LogP contribution in [0.4, 0.5) is 5.69 Å². The fourth-order valence-corrected chi connectivity index (χ4v) is 4.18. The number of anilines is 1. The molecule has 0 saturated carbocycles. The highest BCUT2D eigenvalue weighted by atomic mass is 32.2. The Morgan fingerprint density at radius 3 is 2.76 bits per heavy atom. The summed E-state index contributed by atoms with van der Waals surface area (Å²) in [4.78, 5) is 4.66. The van der Waals surface area contributed by atoms with Crippen LogP contribution in [0, 0.1) is 0 Å². The van der Waals surface area contributed by atoms with E-state index in [0.29, 0.717) is 18.7 Å². The van der Waals surface area contributed by atoms with Crippen molar-refractivity contribution in [3.05, 3.63) is 28.8 Å². The van der Waals surface area contributed by atoms with Gasteiger partial charge >= 0.3 is 0 Å². The van der Waals surface area contributed by atoms with Crippen LogP contribution in [0.1, 0.15) is 33.6 Å². The minimum atomic E-state index is -3.17. The highest BCUT2D eigenvalue weighted by Gasteiger charge is 2.43. The number of nitrogen functional groups attached to an aromatic ring is 1. The summed E-state index contributed by atoms with van der Waals surface area (Å²) in [6.45, 7) is 7.25. The molecule has 2 atom stereocenters. The summed E-state index contributed by atoms with van der Waals surface area (Å²) in [7, 11) is -3.17. The summed E-state index contributed by atoms with van der Waals surface area (Å²) in [6.07, 6.45) is 2.85. The topological polar surface area (TPSA) is 87.8 Å². The first kappa shape index (κ1) is 18.4. The lowest BCUT2D eigenvalue weighted by molar-refractivity contribution is 0.173. The molecule has 138 valence electrons. The van der Waals surface area contributed by atoms with Gasteiger partial charge in [-0.1, -0.05) is 19.1 Å². The zero-order chi connectivity index (χ0) is 18.4. The Hall–Kier alpha value is -1.44. The Bertz CT molecular complexity index is 892. The lowest BCUT2D eigenvalue weighted by Gasteiger charge is -2.31. The summed E-state index contributed by atoms with van der Waals surface area (Å²) in [5, 5.41) is 4.09. The average Bonchev–Trinajstić information content (AvgIpc) is 2.84. The SMILES string of the molecule is CCCN1NC2CN=c3c(N)cccc3=C2C1CC(C)(C)S(C)(=O)=O. The van der Waals surface area contributed by atoms with Gasteiger partial charge in [0.25, 0.3) is 0 Å². The zero-order valence-electron chi connectivity index (χ0n) is 15.4. The molecule has 6 nitrogen and oxygen atoms in total. The van der Waals surface area contributed by atoms with Gasteiger partial charge in [0.1, 0.15) is 0 Å². The lowest BCUT2D eigenvalue weighted by atomic mass is 9.90. The van der Waals surface area contributed by atoms with E-state index < -0.39 is 14.6 Å². The number of fused-ring (bicyclic) bond motifs is 2. The van der Waals surface area contributed by atoms with E-state index in [1.807, 2.05) is 32.0 Å². The largest absolute Gasteiger partial charge is 0.397 e. The molecule has 25 heavy (non-hydrogen) atoms. The molecular formula is C18H28N4O2S. The van der Waals surface area contributed by atoms with Gasteiger partial charge in [0, 0.05) is 24.1 Å². The molecule has 1 fully saturated rings. The maximum Gasteiger partial charge on any atom is 0.152 e. The Balaban J connectivity index is 2.15. The van der Waals surface area contributed by atoms with Crippen LogP contribution in [0.5, 0.6) is 0 Å². The van der Waals surface area contributed by atoms with E-state index in [1.165, 1.54) is 11.8 Å². The van der Waals surface area contributed by atoms with Crippen molar-refractivity contribution in [2.45, 2.75) is 50.4 Å². The molecule has 2 unspecified atom stereocenters. The van der Waals surface area contributed by atoms with Crippen molar-refractivity contribution in [1.29, 1.82) is 0 Å². The maximum atomic E-state index is 12.3. The number of sulfone groups is 1. The van der Waals surface area contributed by atoms with Crippen LogP contribution in [0.2, 0.25) is 0 Å². The van der Waals surface area contributed by atoms with Crippen molar-refractivity contribution in [3.63, 3.8) is 0 Å². The van der Waals surface area contributed by atoms with Gasteiger partial charge in [-0.2, -0.15) is 0 Å². The minimum Gasteiger partial charge on any atom is -0.397 e. The fourth-order valence-electron chi connectivity index (χ4n) is 3.72. The molecule has 2 aliphatic rings. The maximum absolute atomic E-state index is 12.3. The summed E-state index contributed by atoms with van der Waals surface area (Å²) >= 11 is 0. The quantitative estimate of drug-likeness (QED) is 0.731. The van der Waals surface area contributed by atoms with Crippen LogP contribution in [-0.4, -0.2) is 49.6 Å². The number of hydrogen-bond donors (Lipinski definition) is 2. The number of rotatable bonds is 5. The molecule has 3 rings (SSSR count). The smallest absolute Gasteiger partial charge is 0.152 e. The van der Waals surface area contributed by atoms with E-state index in [-0.39, 0.29) is 12.1 Å². The normalized spacial score (nSPS) is 23.9. The summed E-state index contributed by atoms with van der Waals surface area (Å²) < 4.78 is 23.8. The molecule has 1 aromatic rings. The van der Waals surface area contributed by atoms with E-state index in [0.717, 1.165) is 23.5 Å². The lowest BCUT2D eigenvalue weighted by Crippen LogP contribution is -2.45. The number of para-hydroxylation sites is 1. The number of nitrogens with two attached hydrogens (primary N) is 1. The van der Waals surface area contributed by atoms with Gasteiger partial charge in [-0.05, 0) is 38.3 Å². The third-order valence-corrected chi connectivity index (χ3v) is 7.57. The molecule has 2 heterocycles. The molecule has 0 spiro atoms. The van der Waals surface area contributed by atoms with Crippen molar-refractivity contribution < 1.29 is 8.42 Å². The van der Waals surface area contributed by atoms with Gasteiger partial charge in [-0.15, -0.1) is 0 Å². The number of hydrogen-bond acceptors (Lipinski definition) is 6. The number of hydrazine groups is 1. The molecule has 0 radical (unpaired) electrons. The van der Waals surface area contributed by atoms with Crippen LogP contribution in [0.15, 0.2) is 23.2 Å². The van der Waals surface area contributed by atoms with E-state index >= 15 is 0 Å². The van der Waals surface area contributed by atoms with E-state index in [4.69, 9.17) is 5.73 Å². The van der Waals surface area contributed by atoms with Crippen LogP contribution < -0.4 is 21.7 Å². The third kappa shape index (κ3) is 3.20. The molecule has 1 aromatic carbocycles. The van der Waals surface area contributed by atoms with Gasteiger partial charge in [0.2, 0.25) is 0 Å². The second-order valence-electron chi connectivity index (χ2n) is 7.67. The second kappa shape index (κ2) is 6.37. The van der Waals surface area contributed by atoms with Crippen molar-refractivity contribution >= 4 is 21.1 Å². The van der Waals surface area contributed by atoms with Gasteiger partial charge in [-0.3, -0.25) is 4.99 Å². The van der Waals surface area contributed by atoms with Crippen LogP contribution >= 0.6 is 0 Å². The van der Waals surface area contributed by atoms with Crippen LogP contribution in [-0.2, 0) is 9.84 Å². The van der Waals surface area contributed by atoms with E-state index in [1.54, 1.807) is 0 Å². The molecule has 0 aliphatic carbocycles. The Kier molecular flexibility index (Phi) is 4.68. The van der Waals surface area contributed by atoms with E-state index in [2.05, 4.69) is 22.4 Å². The third-order valence-electron chi connectivity index (χ3n) is 5.40. The Labute approximate surface area is 149 Å². The Morgan fingerprint density at radius 1 is 1.40 bits per heavy atom. The van der Waals surface area contributed by atoms with Gasteiger partial charge < -0.3 is 5.73 Å². The number of nitrogens with zero attached hydrogens (tertiary/aromatic N) is 2. The number of nitrogens with one attached hydrogen (secondary N) is 1. The molecule has 2 aliphatic heterocycles. The van der Waals surface area contributed by atoms with Crippen molar-refractivity contribution in [3.8, 4) is 0 Å². The van der Waals surface area contributed by atoms with E-state index in [9.17, 15) is 8.42 Å². The summed E-state index contributed by atoms with van der Waals surface area (Å²) in [5.41, 5.74) is 11.6. The first-order chi connectivity index (χ1) is 11.7. The second-order valence-corrected chi connectivity index (χ2v) is 10.3. The molecule has 7 heteroatoms. The highest BCUT2D eigenvalue weighted by molar-refractivity contribution is 7.92. The molecule has 0 bridgehead atoms. The molecule has 1 saturated heterocycles. The standard InChI is InChI=1S/C18H28N4O2S/c1-5-9-22-15(10-18(2,3)25(4,23)24)16-12-7-6-8-13(19)17(12)20-11-14(16)21-22/h6-8,14-15,21H,5,9-11,19H2,1-4H3.